The van der Waals surface area contributed by atoms with Crippen LogP contribution in [0.5, 0.6) is 5.75 Å². The van der Waals surface area contributed by atoms with E-state index in [1.54, 1.807) is 0 Å². The number of hydrogen-bond acceptors (Lipinski definition) is 2. The Morgan fingerprint density at radius 3 is 2.32 bits per heavy atom. The van der Waals surface area contributed by atoms with Crippen LogP contribution in [0.2, 0.25) is 0 Å². The van der Waals surface area contributed by atoms with Crippen molar-refractivity contribution in [3.05, 3.63) is 65.2 Å². The molecule has 0 fully saturated rings. The number of benzene rings is 2. The van der Waals surface area contributed by atoms with Gasteiger partial charge in [-0.05, 0) is 42.2 Å². The number of rotatable bonds is 5. The summed E-state index contributed by atoms with van der Waals surface area (Å²) >= 11 is 0. The van der Waals surface area contributed by atoms with E-state index in [9.17, 15) is 13.2 Å². The number of hydrogen-bond donors (Lipinski definition) is 2. The SMILES string of the molecule is N=C(N)c1ccc(OC(F)(F)F)cc1CCc1ccccc1. The van der Waals surface area contributed by atoms with E-state index in [0.29, 0.717) is 24.0 Å². The molecule has 6 heteroatoms. The summed E-state index contributed by atoms with van der Waals surface area (Å²) in [5.74, 6) is -0.484. The largest absolute Gasteiger partial charge is 0.573 e. The molecule has 0 aliphatic rings. The monoisotopic (exact) mass is 308 g/mol. The molecule has 2 aromatic carbocycles. The standard InChI is InChI=1S/C16H15F3N2O/c17-16(18,19)22-13-8-9-14(15(20)21)12(10-13)7-6-11-4-2-1-3-5-11/h1-5,8-10H,6-7H2,(H3,20,21). The van der Waals surface area contributed by atoms with Crippen molar-refractivity contribution in [2.24, 2.45) is 5.73 Å². The van der Waals surface area contributed by atoms with Crippen LogP contribution in [0.15, 0.2) is 48.5 Å². The molecule has 0 radical (unpaired) electrons. The van der Waals surface area contributed by atoms with Crippen molar-refractivity contribution in [3.8, 4) is 5.75 Å². The van der Waals surface area contributed by atoms with E-state index < -0.39 is 6.36 Å². The topological polar surface area (TPSA) is 59.1 Å². The Labute approximate surface area is 126 Å². The number of alkyl halides is 3. The van der Waals surface area contributed by atoms with E-state index in [4.69, 9.17) is 11.1 Å². The van der Waals surface area contributed by atoms with E-state index in [1.807, 2.05) is 30.3 Å². The average molecular weight is 308 g/mol. The Bertz CT molecular complexity index is 654. The predicted molar refractivity (Wildman–Crippen MR) is 78.0 cm³/mol. The van der Waals surface area contributed by atoms with Gasteiger partial charge in [-0.1, -0.05) is 30.3 Å². The Kier molecular flexibility index (Phi) is 4.70. The van der Waals surface area contributed by atoms with Gasteiger partial charge in [0.25, 0.3) is 0 Å². The number of amidine groups is 1. The molecule has 22 heavy (non-hydrogen) atoms. The molecule has 0 heterocycles. The number of nitrogen functional groups attached to an aromatic ring is 1. The van der Waals surface area contributed by atoms with Gasteiger partial charge in [-0.15, -0.1) is 13.2 Å². The van der Waals surface area contributed by atoms with Crippen LogP contribution in [0.3, 0.4) is 0 Å². The average Bonchev–Trinajstić information content (AvgIpc) is 2.44. The van der Waals surface area contributed by atoms with Gasteiger partial charge in [0.1, 0.15) is 11.6 Å². The first-order valence-electron chi connectivity index (χ1n) is 6.62. The van der Waals surface area contributed by atoms with Crippen LogP contribution in [0, 0.1) is 5.41 Å². The molecule has 0 atom stereocenters. The van der Waals surface area contributed by atoms with Gasteiger partial charge in [0.05, 0.1) is 0 Å². The minimum atomic E-state index is -4.74. The van der Waals surface area contributed by atoms with Gasteiger partial charge in [0.15, 0.2) is 0 Å². The maximum Gasteiger partial charge on any atom is 0.573 e. The van der Waals surface area contributed by atoms with Crippen molar-refractivity contribution in [1.29, 1.82) is 5.41 Å². The summed E-state index contributed by atoms with van der Waals surface area (Å²) in [6, 6.07) is 13.4. The molecule has 116 valence electrons. The van der Waals surface area contributed by atoms with Crippen molar-refractivity contribution in [1.82, 2.24) is 0 Å². The van der Waals surface area contributed by atoms with Crippen LogP contribution < -0.4 is 10.5 Å². The minimum Gasteiger partial charge on any atom is -0.406 e. The van der Waals surface area contributed by atoms with E-state index in [1.165, 1.54) is 12.1 Å². The van der Waals surface area contributed by atoms with Gasteiger partial charge < -0.3 is 10.5 Å². The lowest BCUT2D eigenvalue weighted by molar-refractivity contribution is -0.274. The number of aryl methyl sites for hydroxylation is 2. The molecule has 0 saturated heterocycles. The van der Waals surface area contributed by atoms with E-state index in [0.717, 1.165) is 11.6 Å². The van der Waals surface area contributed by atoms with Crippen LogP contribution in [0.1, 0.15) is 16.7 Å². The first kappa shape index (κ1) is 15.9. The van der Waals surface area contributed by atoms with E-state index in [2.05, 4.69) is 4.74 Å². The first-order chi connectivity index (χ1) is 10.3. The van der Waals surface area contributed by atoms with E-state index >= 15 is 0 Å². The number of halogens is 3. The smallest absolute Gasteiger partial charge is 0.406 e. The van der Waals surface area contributed by atoms with Gasteiger partial charge in [-0.25, -0.2) is 0 Å². The molecule has 2 aromatic rings. The highest BCUT2D eigenvalue weighted by atomic mass is 19.4. The highest BCUT2D eigenvalue weighted by molar-refractivity contribution is 5.96. The number of nitrogens with two attached hydrogens (primary N) is 1. The summed E-state index contributed by atoms with van der Waals surface area (Å²) in [6.45, 7) is 0. The third kappa shape index (κ3) is 4.51. The van der Waals surface area contributed by atoms with Gasteiger partial charge >= 0.3 is 6.36 Å². The van der Waals surface area contributed by atoms with Crippen molar-refractivity contribution < 1.29 is 17.9 Å². The molecule has 0 aliphatic heterocycles. The predicted octanol–water partition coefficient (Wildman–Crippen LogP) is 3.65. The lowest BCUT2D eigenvalue weighted by Crippen LogP contribution is -2.18. The second-order valence-corrected chi connectivity index (χ2v) is 4.77. The molecule has 3 N–H and O–H groups in total. The highest BCUT2D eigenvalue weighted by Crippen LogP contribution is 2.25. The zero-order valence-corrected chi connectivity index (χ0v) is 11.7. The summed E-state index contributed by atoms with van der Waals surface area (Å²) in [6.07, 6.45) is -3.64. The summed E-state index contributed by atoms with van der Waals surface area (Å²) < 4.78 is 40.8. The Morgan fingerprint density at radius 1 is 1.05 bits per heavy atom. The summed E-state index contributed by atoms with van der Waals surface area (Å²) in [5.41, 5.74) is 7.51. The molecule has 3 nitrogen and oxygen atoms in total. The minimum absolute atomic E-state index is 0.179. The van der Waals surface area contributed by atoms with E-state index in [-0.39, 0.29) is 11.6 Å². The van der Waals surface area contributed by atoms with Crippen LogP contribution in [-0.4, -0.2) is 12.2 Å². The molecule has 0 amide bonds. The highest BCUT2D eigenvalue weighted by Gasteiger charge is 2.31. The van der Waals surface area contributed by atoms with Crippen molar-refractivity contribution >= 4 is 5.84 Å². The fraction of sp³-hybridized carbons (Fsp3) is 0.188. The maximum absolute atomic E-state index is 12.3. The summed E-state index contributed by atoms with van der Waals surface area (Å²) in [5, 5.41) is 7.52. The normalized spacial score (nSPS) is 11.2. The number of ether oxygens (including phenoxy) is 1. The molecule has 0 spiro atoms. The fourth-order valence-electron chi connectivity index (χ4n) is 2.16. The van der Waals surface area contributed by atoms with Gasteiger partial charge in [-0.2, -0.15) is 0 Å². The molecular formula is C16H15F3N2O. The quantitative estimate of drug-likeness (QED) is 0.654. The fourth-order valence-corrected chi connectivity index (χ4v) is 2.16. The van der Waals surface area contributed by atoms with Crippen molar-refractivity contribution in [2.45, 2.75) is 19.2 Å². The Hall–Kier alpha value is -2.50. The zero-order chi connectivity index (χ0) is 16.2. The molecule has 0 saturated carbocycles. The van der Waals surface area contributed by atoms with Crippen LogP contribution >= 0.6 is 0 Å². The van der Waals surface area contributed by atoms with Crippen molar-refractivity contribution in [3.63, 3.8) is 0 Å². The first-order valence-corrected chi connectivity index (χ1v) is 6.62. The lowest BCUT2D eigenvalue weighted by atomic mass is 9.99. The third-order valence-corrected chi connectivity index (χ3v) is 3.13. The second kappa shape index (κ2) is 6.51. The Balaban J connectivity index is 2.22. The molecule has 2 rings (SSSR count). The van der Waals surface area contributed by atoms with Crippen LogP contribution in [0.4, 0.5) is 13.2 Å². The second-order valence-electron chi connectivity index (χ2n) is 4.77. The molecule has 0 unspecified atom stereocenters. The molecule has 0 bridgehead atoms. The summed E-state index contributed by atoms with van der Waals surface area (Å²) in [7, 11) is 0. The van der Waals surface area contributed by atoms with Crippen LogP contribution in [0.25, 0.3) is 0 Å². The molecular weight excluding hydrogens is 293 g/mol. The van der Waals surface area contributed by atoms with Gasteiger partial charge in [0.2, 0.25) is 0 Å². The summed E-state index contributed by atoms with van der Waals surface area (Å²) in [4.78, 5) is 0. The Morgan fingerprint density at radius 2 is 1.73 bits per heavy atom. The van der Waals surface area contributed by atoms with Crippen molar-refractivity contribution in [2.75, 3.05) is 0 Å². The third-order valence-electron chi connectivity index (χ3n) is 3.13. The zero-order valence-electron chi connectivity index (χ0n) is 11.7. The lowest BCUT2D eigenvalue weighted by Gasteiger charge is -2.13. The molecule has 0 aromatic heterocycles. The van der Waals surface area contributed by atoms with Crippen LogP contribution in [-0.2, 0) is 12.8 Å². The van der Waals surface area contributed by atoms with Gasteiger partial charge in [0, 0.05) is 5.56 Å². The molecule has 0 aliphatic carbocycles. The maximum atomic E-state index is 12.3. The van der Waals surface area contributed by atoms with Gasteiger partial charge in [-0.3, -0.25) is 5.41 Å². The number of nitrogens with one attached hydrogen (secondary N) is 1.